The summed E-state index contributed by atoms with van der Waals surface area (Å²) in [6.07, 6.45) is 6.72. The summed E-state index contributed by atoms with van der Waals surface area (Å²) in [6.45, 7) is 5.02. The van der Waals surface area contributed by atoms with E-state index in [1.165, 1.54) is 0 Å². The summed E-state index contributed by atoms with van der Waals surface area (Å²) in [4.78, 5) is 31.8. The van der Waals surface area contributed by atoms with Gasteiger partial charge in [0, 0.05) is 45.5 Å². The molecule has 1 amide bonds. The van der Waals surface area contributed by atoms with E-state index in [2.05, 4.69) is 37.2 Å². The van der Waals surface area contributed by atoms with Gasteiger partial charge in [-0.15, -0.1) is 5.10 Å². The molecular weight excluding hydrogens is 429 g/mol. The molecule has 0 bridgehead atoms. The summed E-state index contributed by atoms with van der Waals surface area (Å²) in [5, 5.41) is 8.89. The Balaban J connectivity index is 1.28. The van der Waals surface area contributed by atoms with Crippen molar-refractivity contribution in [2.75, 3.05) is 62.3 Å². The van der Waals surface area contributed by atoms with Crippen molar-refractivity contribution in [3.05, 3.63) is 42.2 Å². The number of fused-ring (bicyclic) bond motifs is 1. The van der Waals surface area contributed by atoms with Gasteiger partial charge in [-0.3, -0.25) is 14.6 Å². The van der Waals surface area contributed by atoms with E-state index < -0.39 is 11.7 Å². The van der Waals surface area contributed by atoms with Crippen molar-refractivity contribution in [3.63, 3.8) is 0 Å². The summed E-state index contributed by atoms with van der Waals surface area (Å²) in [5.74, 6) is -1.09. The Bertz CT molecular complexity index is 1160. The Labute approximate surface area is 189 Å². The van der Waals surface area contributed by atoms with Gasteiger partial charge >= 0.3 is 0 Å². The Morgan fingerprint density at radius 3 is 2.82 bits per heavy atom. The molecule has 0 saturated carbocycles. The van der Waals surface area contributed by atoms with Crippen LogP contribution >= 0.6 is 0 Å². The molecule has 0 unspecified atom stereocenters. The standard InChI is InChI=1S/C21H26FN9O2/c1-28-5-3-15(13-28)33-30-8-6-29(7-9-30)17-2-4-24-11-16(17)26-21(32)18-19(23)27-31-12-14(22)10-25-20(18)31/h2,4,10-12,15H,3,5-9,13H2,1H3,(H2,23,27)(H,26,32)/t15-/m1/s1. The van der Waals surface area contributed by atoms with Gasteiger partial charge in [0.05, 0.1) is 36.1 Å². The highest BCUT2D eigenvalue weighted by molar-refractivity contribution is 6.12. The van der Waals surface area contributed by atoms with Crippen LogP contribution in [0.1, 0.15) is 16.8 Å². The number of rotatable bonds is 5. The summed E-state index contributed by atoms with van der Waals surface area (Å²) in [7, 11) is 2.11. The van der Waals surface area contributed by atoms with Crippen LogP contribution in [-0.4, -0.2) is 87.9 Å². The van der Waals surface area contributed by atoms with Crippen molar-refractivity contribution < 1.29 is 14.0 Å². The zero-order valence-electron chi connectivity index (χ0n) is 18.3. The lowest BCUT2D eigenvalue weighted by Gasteiger charge is -2.37. The number of hydroxylamine groups is 2. The number of nitrogens with one attached hydrogen (secondary N) is 1. The van der Waals surface area contributed by atoms with E-state index in [1.807, 2.05) is 11.1 Å². The fourth-order valence-electron chi connectivity index (χ4n) is 4.32. The third-order valence-corrected chi connectivity index (χ3v) is 5.97. The third-order valence-electron chi connectivity index (χ3n) is 5.97. The van der Waals surface area contributed by atoms with Crippen LogP contribution in [0.5, 0.6) is 0 Å². The fraction of sp³-hybridized carbons (Fsp3) is 0.429. The monoisotopic (exact) mass is 455 g/mol. The van der Waals surface area contributed by atoms with Gasteiger partial charge in [-0.2, -0.15) is 5.06 Å². The number of pyridine rings is 1. The number of nitrogens with two attached hydrogens (primary N) is 1. The number of hydrogen-bond acceptors (Lipinski definition) is 9. The topological polar surface area (TPSA) is 117 Å². The molecule has 2 fully saturated rings. The summed E-state index contributed by atoms with van der Waals surface area (Å²) >= 11 is 0. The molecule has 0 spiro atoms. The quantitative estimate of drug-likeness (QED) is 0.577. The van der Waals surface area contributed by atoms with Crippen molar-refractivity contribution in [2.24, 2.45) is 0 Å². The summed E-state index contributed by atoms with van der Waals surface area (Å²) in [5.41, 5.74) is 7.60. The highest BCUT2D eigenvalue weighted by atomic mass is 19.1. The molecule has 11 nitrogen and oxygen atoms in total. The van der Waals surface area contributed by atoms with Gasteiger partial charge in [0.1, 0.15) is 5.56 Å². The van der Waals surface area contributed by atoms with E-state index in [4.69, 9.17) is 10.6 Å². The number of hydrogen-bond donors (Lipinski definition) is 2. The Morgan fingerprint density at radius 2 is 2.06 bits per heavy atom. The average Bonchev–Trinajstić information content (AvgIpc) is 3.35. The molecule has 0 radical (unpaired) electrons. The number of anilines is 3. The summed E-state index contributed by atoms with van der Waals surface area (Å²) in [6, 6.07) is 1.87. The number of likely N-dealkylation sites (tertiary alicyclic amines) is 1. The predicted octanol–water partition coefficient (Wildman–Crippen LogP) is 0.856. The fourth-order valence-corrected chi connectivity index (χ4v) is 4.32. The number of carbonyl (C=O) groups is 1. The molecule has 174 valence electrons. The minimum atomic E-state index is -0.574. The summed E-state index contributed by atoms with van der Waals surface area (Å²) < 4.78 is 14.6. The molecular formula is C21H26FN9O2. The lowest BCUT2D eigenvalue weighted by molar-refractivity contribution is -0.195. The average molecular weight is 455 g/mol. The van der Waals surface area contributed by atoms with Gasteiger partial charge in [-0.1, -0.05) is 0 Å². The maximum atomic E-state index is 13.4. The van der Waals surface area contributed by atoms with Crippen LogP contribution in [0.15, 0.2) is 30.9 Å². The first-order chi connectivity index (χ1) is 16.0. The molecule has 1 atom stereocenters. The van der Waals surface area contributed by atoms with Gasteiger partial charge in [-0.25, -0.2) is 13.9 Å². The molecule has 5 heterocycles. The molecule has 0 aliphatic carbocycles. The molecule has 0 aromatic carbocycles. The lowest BCUT2D eigenvalue weighted by Crippen LogP contribution is -2.48. The molecule has 3 N–H and O–H groups in total. The second-order valence-corrected chi connectivity index (χ2v) is 8.34. The molecule has 5 rings (SSSR count). The molecule has 2 aliphatic rings. The van der Waals surface area contributed by atoms with Gasteiger partial charge in [-0.05, 0) is 19.5 Å². The number of nitrogen functional groups attached to an aromatic ring is 1. The second kappa shape index (κ2) is 8.89. The zero-order valence-corrected chi connectivity index (χ0v) is 18.3. The van der Waals surface area contributed by atoms with Gasteiger partial charge in [0.15, 0.2) is 17.3 Å². The number of nitrogens with zero attached hydrogens (tertiary/aromatic N) is 7. The maximum absolute atomic E-state index is 13.4. The van der Waals surface area contributed by atoms with Crippen LogP contribution in [-0.2, 0) is 4.84 Å². The molecule has 2 saturated heterocycles. The van der Waals surface area contributed by atoms with Crippen LogP contribution in [0.25, 0.3) is 5.65 Å². The lowest BCUT2D eigenvalue weighted by atomic mass is 10.2. The van der Waals surface area contributed by atoms with E-state index in [9.17, 15) is 9.18 Å². The van der Waals surface area contributed by atoms with E-state index in [-0.39, 0.29) is 23.1 Å². The van der Waals surface area contributed by atoms with Crippen LogP contribution < -0.4 is 16.0 Å². The number of likely N-dealkylation sites (N-methyl/N-ethyl adjacent to an activating group) is 1. The molecule has 3 aromatic rings. The first-order valence-corrected chi connectivity index (χ1v) is 10.9. The van der Waals surface area contributed by atoms with E-state index in [0.29, 0.717) is 5.69 Å². The predicted molar refractivity (Wildman–Crippen MR) is 120 cm³/mol. The maximum Gasteiger partial charge on any atom is 0.263 e. The van der Waals surface area contributed by atoms with Crippen molar-refractivity contribution >= 4 is 28.7 Å². The first-order valence-electron chi connectivity index (χ1n) is 10.9. The normalized spacial score (nSPS) is 19.9. The van der Waals surface area contributed by atoms with Crippen molar-refractivity contribution in [1.82, 2.24) is 29.5 Å². The van der Waals surface area contributed by atoms with Crippen molar-refractivity contribution in [1.29, 1.82) is 0 Å². The number of aromatic nitrogens is 4. The van der Waals surface area contributed by atoms with Crippen LogP contribution in [0.3, 0.4) is 0 Å². The Kier molecular flexibility index (Phi) is 5.79. The second-order valence-electron chi connectivity index (χ2n) is 8.34. The van der Waals surface area contributed by atoms with Gasteiger partial charge in [0.25, 0.3) is 5.91 Å². The zero-order chi connectivity index (χ0) is 22.9. The van der Waals surface area contributed by atoms with Gasteiger partial charge < -0.3 is 20.9 Å². The SMILES string of the molecule is CN1CC[C@@H](ON2CCN(c3ccncc3NC(=O)c3c(N)nn4cc(F)cnc34)CC2)C1. The number of piperazine rings is 1. The van der Waals surface area contributed by atoms with Gasteiger partial charge in [0.2, 0.25) is 0 Å². The highest BCUT2D eigenvalue weighted by Crippen LogP contribution is 2.28. The first kappa shape index (κ1) is 21.5. The third kappa shape index (κ3) is 4.45. The van der Waals surface area contributed by atoms with Crippen molar-refractivity contribution in [3.8, 4) is 0 Å². The van der Waals surface area contributed by atoms with E-state index in [0.717, 1.165) is 68.3 Å². The van der Waals surface area contributed by atoms with Crippen LogP contribution in [0, 0.1) is 5.82 Å². The number of amides is 1. The smallest absolute Gasteiger partial charge is 0.263 e. The Hall–Kier alpha value is -3.35. The minimum Gasteiger partial charge on any atom is -0.381 e. The van der Waals surface area contributed by atoms with E-state index in [1.54, 1.807) is 12.4 Å². The number of carbonyl (C=O) groups excluding carboxylic acids is 1. The Morgan fingerprint density at radius 1 is 1.24 bits per heavy atom. The minimum absolute atomic E-state index is 0.0284. The molecule has 33 heavy (non-hydrogen) atoms. The van der Waals surface area contributed by atoms with Crippen LogP contribution in [0.4, 0.5) is 21.6 Å². The molecule has 2 aliphatic heterocycles. The molecule has 3 aromatic heterocycles. The highest BCUT2D eigenvalue weighted by Gasteiger charge is 2.27. The number of halogens is 1. The van der Waals surface area contributed by atoms with Crippen molar-refractivity contribution in [2.45, 2.75) is 12.5 Å². The van der Waals surface area contributed by atoms with E-state index >= 15 is 0 Å². The van der Waals surface area contributed by atoms with Crippen LogP contribution in [0.2, 0.25) is 0 Å². The largest absolute Gasteiger partial charge is 0.381 e. The molecule has 12 heteroatoms.